The van der Waals surface area contributed by atoms with Gasteiger partial charge in [0.25, 0.3) is 0 Å². The van der Waals surface area contributed by atoms with Crippen LogP contribution < -0.4 is 4.90 Å². The third-order valence-corrected chi connectivity index (χ3v) is 4.41. The SMILES string of the molecule is CCc1ncnc(N2CCC(C(C)Br)CC2)c1F. The van der Waals surface area contributed by atoms with Crippen LogP contribution in [0.1, 0.15) is 32.4 Å². The summed E-state index contributed by atoms with van der Waals surface area (Å²) in [6, 6.07) is 0. The van der Waals surface area contributed by atoms with Gasteiger partial charge in [0.05, 0.1) is 5.69 Å². The first kappa shape index (κ1) is 13.7. The lowest BCUT2D eigenvalue weighted by atomic mass is 9.94. The van der Waals surface area contributed by atoms with Crippen LogP contribution in [0.4, 0.5) is 10.2 Å². The monoisotopic (exact) mass is 315 g/mol. The molecule has 3 nitrogen and oxygen atoms in total. The molecule has 100 valence electrons. The molecular formula is C13H19BrFN3. The molecule has 2 rings (SSSR count). The van der Waals surface area contributed by atoms with Crippen LogP contribution in [0.5, 0.6) is 0 Å². The third-order valence-electron chi connectivity index (χ3n) is 3.67. The molecule has 2 heterocycles. The quantitative estimate of drug-likeness (QED) is 0.802. The van der Waals surface area contributed by atoms with E-state index in [0.29, 0.717) is 28.7 Å². The van der Waals surface area contributed by atoms with E-state index in [0.717, 1.165) is 25.9 Å². The second kappa shape index (κ2) is 5.95. The van der Waals surface area contributed by atoms with Gasteiger partial charge < -0.3 is 4.90 Å². The number of nitrogens with zero attached hydrogens (tertiary/aromatic N) is 3. The van der Waals surface area contributed by atoms with E-state index in [2.05, 4.69) is 32.8 Å². The summed E-state index contributed by atoms with van der Waals surface area (Å²) in [6.45, 7) is 5.84. The second-order valence-electron chi connectivity index (χ2n) is 4.81. The first-order valence-corrected chi connectivity index (χ1v) is 7.43. The summed E-state index contributed by atoms with van der Waals surface area (Å²) in [5, 5.41) is 0. The summed E-state index contributed by atoms with van der Waals surface area (Å²) in [4.78, 5) is 10.7. The van der Waals surface area contributed by atoms with Gasteiger partial charge in [0.1, 0.15) is 6.33 Å². The maximum Gasteiger partial charge on any atom is 0.187 e. The number of anilines is 1. The molecule has 0 aromatic carbocycles. The fourth-order valence-electron chi connectivity index (χ4n) is 2.43. The molecule has 0 bridgehead atoms. The molecule has 1 saturated heterocycles. The van der Waals surface area contributed by atoms with Crippen molar-refractivity contribution in [2.24, 2.45) is 5.92 Å². The smallest absolute Gasteiger partial charge is 0.187 e. The Bertz CT molecular complexity index is 403. The first-order chi connectivity index (χ1) is 8.63. The molecule has 1 unspecified atom stereocenters. The number of rotatable bonds is 3. The van der Waals surface area contributed by atoms with Crippen molar-refractivity contribution in [3.8, 4) is 0 Å². The zero-order valence-corrected chi connectivity index (χ0v) is 12.5. The Morgan fingerprint density at radius 1 is 1.44 bits per heavy atom. The van der Waals surface area contributed by atoms with Crippen molar-refractivity contribution in [3.05, 3.63) is 17.8 Å². The van der Waals surface area contributed by atoms with Crippen molar-refractivity contribution < 1.29 is 4.39 Å². The highest BCUT2D eigenvalue weighted by Crippen LogP contribution is 2.28. The maximum atomic E-state index is 14.1. The highest BCUT2D eigenvalue weighted by atomic mass is 79.9. The second-order valence-corrected chi connectivity index (χ2v) is 6.26. The van der Waals surface area contributed by atoms with Gasteiger partial charge in [-0.3, -0.25) is 0 Å². The molecule has 1 atom stereocenters. The molecule has 18 heavy (non-hydrogen) atoms. The molecule has 0 aliphatic carbocycles. The van der Waals surface area contributed by atoms with Crippen LogP contribution in [0, 0.1) is 11.7 Å². The van der Waals surface area contributed by atoms with Gasteiger partial charge in [-0.05, 0) is 25.2 Å². The van der Waals surface area contributed by atoms with E-state index in [4.69, 9.17) is 0 Å². The Morgan fingerprint density at radius 3 is 2.67 bits per heavy atom. The molecule has 0 spiro atoms. The number of hydrogen-bond acceptors (Lipinski definition) is 3. The maximum absolute atomic E-state index is 14.1. The molecule has 1 aliphatic rings. The number of aromatic nitrogens is 2. The molecule has 5 heteroatoms. The summed E-state index contributed by atoms with van der Waals surface area (Å²) in [7, 11) is 0. The summed E-state index contributed by atoms with van der Waals surface area (Å²) >= 11 is 3.63. The largest absolute Gasteiger partial charge is 0.354 e. The Hall–Kier alpha value is -0.710. The Kier molecular flexibility index (Phi) is 4.54. The summed E-state index contributed by atoms with van der Waals surface area (Å²) < 4.78 is 14.1. The van der Waals surface area contributed by atoms with Gasteiger partial charge >= 0.3 is 0 Å². The summed E-state index contributed by atoms with van der Waals surface area (Å²) in [5.41, 5.74) is 0.510. The van der Waals surface area contributed by atoms with E-state index in [1.165, 1.54) is 6.33 Å². The van der Waals surface area contributed by atoms with Crippen LogP contribution in [0.15, 0.2) is 6.33 Å². The van der Waals surface area contributed by atoms with Gasteiger partial charge in [0.15, 0.2) is 11.6 Å². The lowest BCUT2D eigenvalue weighted by Crippen LogP contribution is -2.37. The molecular weight excluding hydrogens is 297 g/mol. The predicted molar refractivity (Wildman–Crippen MR) is 74.7 cm³/mol. The zero-order valence-electron chi connectivity index (χ0n) is 10.9. The number of hydrogen-bond donors (Lipinski definition) is 0. The van der Waals surface area contributed by atoms with Crippen LogP contribution >= 0.6 is 15.9 Å². The Balaban J connectivity index is 2.10. The number of aryl methyl sites for hydroxylation is 1. The van der Waals surface area contributed by atoms with Gasteiger partial charge in [-0.2, -0.15) is 0 Å². The molecule has 0 saturated carbocycles. The van der Waals surface area contributed by atoms with E-state index in [9.17, 15) is 4.39 Å². The van der Waals surface area contributed by atoms with E-state index in [1.54, 1.807) is 0 Å². The number of alkyl halides is 1. The highest BCUT2D eigenvalue weighted by Gasteiger charge is 2.25. The van der Waals surface area contributed by atoms with E-state index in [-0.39, 0.29) is 5.82 Å². The lowest BCUT2D eigenvalue weighted by Gasteiger charge is -2.34. The molecule has 1 aromatic rings. The minimum atomic E-state index is -0.245. The van der Waals surface area contributed by atoms with E-state index < -0.39 is 0 Å². The van der Waals surface area contributed by atoms with Crippen LogP contribution in [0.25, 0.3) is 0 Å². The van der Waals surface area contributed by atoms with Gasteiger partial charge in [-0.25, -0.2) is 14.4 Å². The molecule has 0 N–H and O–H groups in total. The topological polar surface area (TPSA) is 29.0 Å². The van der Waals surface area contributed by atoms with E-state index >= 15 is 0 Å². The van der Waals surface area contributed by atoms with Crippen molar-refractivity contribution in [3.63, 3.8) is 0 Å². The van der Waals surface area contributed by atoms with Gasteiger partial charge in [0, 0.05) is 17.9 Å². The fourth-order valence-corrected chi connectivity index (χ4v) is 2.96. The summed E-state index contributed by atoms with van der Waals surface area (Å²) in [5.74, 6) is 0.907. The van der Waals surface area contributed by atoms with Crippen molar-refractivity contribution >= 4 is 21.7 Å². The molecule has 0 amide bonds. The van der Waals surface area contributed by atoms with Gasteiger partial charge in [-0.15, -0.1) is 0 Å². The zero-order chi connectivity index (χ0) is 13.1. The minimum absolute atomic E-state index is 0.245. The molecule has 1 aliphatic heterocycles. The molecule has 0 radical (unpaired) electrons. The van der Waals surface area contributed by atoms with E-state index in [1.807, 2.05) is 11.8 Å². The lowest BCUT2D eigenvalue weighted by molar-refractivity contribution is 0.402. The average Bonchev–Trinajstić information content (AvgIpc) is 2.39. The minimum Gasteiger partial charge on any atom is -0.354 e. The Morgan fingerprint density at radius 2 is 2.11 bits per heavy atom. The van der Waals surface area contributed by atoms with Crippen LogP contribution in [-0.4, -0.2) is 27.9 Å². The van der Waals surface area contributed by atoms with Gasteiger partial charge in [0.2, 0.25) is 0 Å². The fraction of sp³-hybridized carbons (Fsp3) is 0.692. The van der Waals surface area contributed by atoms with Crippen molar-refractivity contribution in [2.45, 2.75) is 37.9 Å². The van der Waals surface area contributed by atoms with Crippen LogP contribution in [0.3, 0.4) is 0 Å². The first-order valence-electron chi connectivity index (χ1n) is 6.51. The van der Waals surface area contributed by atoms with Crippen molar-refractivity contribution in [2.75, 3.05) is 18.0 Å². The van der Waals surface area contributed by atoms with Crippen molar-refractivity contribution in [1.82, 2.24) is 9.97 Å². The van der Waals surface area contributed by atoms with Crippen LogP contribution in [0.2, 0.25) is 0 Å². The summed E-state index contributed by atoms with van der Waals surface area (Å²) in [6.07, 6.45) is 4.24. The number of piperidine rings is 1. The Labute approximate surface area is 116 Å². The normalized spacial score (nSPS) is 19.0. The highest BCUT2D eigenvalue weighted by molar-refractivity contribution is 9.09. The average molecular weight is 316 g/mol. The van der Waals surface area contributed by atoms with Crippen LogP contribution in [-0.2, 0) is 6.42 Å². The standard InChI is InChI=1S/C13H19BrFN3/c1-3-11-12(15)13(17-8-16-11)18-6-4-10(5-7-18)9(2)14/h8-10H,3-7H2,1-2H3. The number of halogens is 2. The van der Waals surface area contributed by atoms with Crippen molar-refractivity contribution in [1.29, 1.82) is 0 Å². The molecule has 1 aromatic heterocycles. The molecule has 1 fully saturated rings. The third kappa shape index (κ3) is 2.82. The predicted octanol–water partition coefficient (Wildman–Crippen LogP) is 3.18. The van der Waals surface area contributed by atoms with Gasteiger partial charge in [-0.1, -0.05) is 29.8 Å².